The van der Waals surface area contributed by atoms with Gasteiger partial charge in [0.1, 0.15) is 6.54 Å². The maximum atomic E-state index is 10.7. The molecule has 0 saturated heterocycles. The van der Waals surface area contributed by atoms with Crippen molar-refractivity contribution < 1.29 is 17.5 Å². The van der Waals surface area contributed by atoms with Gasteiger partial charge in [-0.1, -0.05) is 18.2 Å². The van der Waals surface area contributed by atoms with E-state index in [1.54, 1.807) is 11.2 Å². The lowest BCUT2D eigenvalue weighted by molar-refractivity contribution is -0.697. The van der Waals surface area contributed by atoms with Gasteiger partial charge in [0.2, 0.25) is 0 Å². The molecule has 0 bridgehead atoms. The van der Waals surface area contributed by atoms with E-state index in [4.69, 9.17) is 4.55 Å². The molecular weight excluding hydrogens is 326 g/mol. The zero-order chi connectivity index (χ0) is 17.4. The standard InChI is InChI=1S/C17H21N3O3S/c1-19(17-9-3-2-4-10-17)18-14-16-8-7-12-20(15-16)11-5-6-13-24(21,22)23/h2-4,7-10,12,14-15H,5-6,11,13H2,1H3/p+1. The molecule has 0 atom stereocenters. The Bertz CT molecular complexity index is 777. The summed E-state index contributed by atoms with van der Waals surface area (Å²) in [6.45, 7) is 0.686. The second kappa shape index (κ2) is 8.56. The van der Waals surface area contributed by atoms with E-state index in [1.807, 2.05) is 66.5 Å². The molecule has 0 aliphatic heterocycles. The second-order valence-electron chi connectivity index (χ2n) is 5.47. The molecule has 1 aromatic carbocycles. The maximum absolute atomic E-state index is 10.7. The fourth-order valence-corrected chi connectivity index (χ4v) is 2.77. The highest BCUT2D eigenvalue weighted by molar-refractivity contribution is 7.85. The maximum Gasteiger partial charge on any atom is 0.264 e. The van der Waals surface area contributed by atoms with Gasteiger partial charge in [0.15, 0.2) is 12.4 Å². The smallest absolute Gasteiger partial charge is 0.264 e. The molecule has 128 valence electrons. The van der Waals surface area contributed by atoms with Crippen LogP contribution in [-0.4, -0.2) is 32.0 Å². The average molecular weight is 348 g/mol. The first-order valence-electron chi connectivity index (χ1n) is 7.71. The lowest BCUT2D eigenvalue weighted by atomic mass is 10.3. The number of aromatic nitrogens is 1. The molecular formula is C17H22N3O3S+. The lowest BCUT2D eigenvalue weighted by Crippen LogP contribution is -2.33. The fraction of sp³-hybridized carbons (Fsp3) is 0.294. The van der Waals surface area contributed by atoms with E-state index in [1.165, 1.54) is 0 Å². The molecule has 0 saturated carbocycles. The predicted octanol–water partition coefficient (Wildman–Crippen LogP) is 2.11. The quantitative estimate of drug-likeness (QED) is 0.261. The molecule has 0 spiro atoms. The number of hydrazone groups is 1. The van der Waals surface area contributed by atoms with E-state index >= 15 is 0 Å². The van der Waals surface area contributed by atoms with Crippen LogP contribution in [0.1, 0.15) is 18.4 Å². The van der Waals surface area contributed by atoms with Crippen molar-refractivity contribution in [2.75, 3.05) is 17.8 Å². The molecule has 0 aliphatic rings. The summed E-state index contributed by atoms with van der Waals surface area (Å²) in [6.07, 6.45) is 6.76. The lowest BCUT2D eigenvalue weighted by Gasteiger charge is -2.11. The zero-order valence-corrected chi connectivity index (χ0v) is 14.4. The molecule has 24 heavy (non-hydrogen) atoms. The van der Waals surface area contributed by atoms with E-state index in [9.17, 15) is 8.42 Å². The summed E-state index contributed by atoms with van der Waals surface area (Å²) in [7, 11) is -1.98. The molecule has 0 fully saturated rings. The molecule has 0 unspecified atom stereocenters. The first-order chi connectivity index (χ1) is 11.4. The minimum Gasteiger partial charge on any atom is -0.286 e. The molecule has 2 rings (SSSR count). The Morgan fingerprint density at radius 2 is 1.92 bits per heavy atom. The van der Waals surface area contributed by atoms with E-state index in [0.29, 0.717) is 19.4 Å². The molecule has 7 heteroatoms. The molecule has 1 aromatic heterocycles. The van der Waals surface area contributed by atoms with Gasteiger partial charge >= 0.3 is 0 Å². The molecule has 2 aromatic rings. The van der Waals surface area contributed by atoms with Crippen LogP contribution in [0.3, 0.4) is 0 Å². The summed E-state index contributed by atoms with van der Waals surface area (Å²) in [6, 6.07) is 13.7. The van der Waals surface area contributed by atoms with Crippen molar-refractivity contribution >= 4 is 22.0 Å². The molecule has 0 radical (unpaired) electrons. The van der Waals surface area contributed by atoms with Crippen LogP contribution in [0.15, 0.2) is 60.0 Å². The van der Waals surface area contributed by atoms with Gasteiger partial charge in [0.25, 0.3) is 10.1 Å². The van der Waals surface area contributed by atoms with Crippen molar-refractivity contribution in [2.45, 2.75) is 19.4 Å². The van der Waals surface area contributed by atoms with E-state index in [0.717, 1.165) is 11.3 Å². The largest absolute Gasteiger partial charge is 0.286 e. The predicted molar refractivity (Wildman–Crippen MR) is 94.7 cm³/mol. The van der Waals surface area contributed by atoms with Crippen LogP contribution in [0.5, 0.6) is 0 Å². The van der Waals surface area contributed by atoms with Crippen LogP contribution in [0, 0.1) is 0 Å². The van der Waals surface area contributed by atoms with Gasteiger partial charge in [0, 0.05) is 19.5 Å². The Labute approximate surface area is 142 Å². The summed E-state index contributed by atoms with van der Waals surface area (Å²) in [4.78, 5) is 0. The Balaban J connectivity index is 1.91. The van der Waals surface area contributed by atoms with Crippen molar-refractivity contribution in [2.24, 2.45) is 5.10 Å². The highest BCUT2D eigenvalue weighted by atomic mass is 32.2. The molecule has 0 amide bonds. The van der Waals surface area contributed by atoms with Gasteiger partial charge in [-0.2, -0.15) is 13.5 Å². The normalized spacial score (nSPS) is 11.8. The zero-order valence-electron chi connectivity index (χ0n) is 13.6. The Morgan fingerprint density at radius 3 is 2.62 bits per heavy atom. The molecule has 1 heterocycles. The molecule has 0 aliphatic carbocycles. The van der Waals surface area contributed by atoms with Crippen molar-refractivity contribution in [3.63, 3.8) is 0 Å². The number of aryl methyl sites for hydroxylation is 1. The van der Waals surface area contributed by atoms with Gasteiger partial charge < -0.3 is 0 Å². The van der Waals surface area contributed by atoms with Gasteiger partial charge in [-0.05, 0) is 24.6 Å². The Kier molecular flexibility index (Phi) is 6.45. The number of anilines is 1. The van der Waals surface area contributed by atoms with Crippen LogP contribution >= 0.6 is 0 Å². The first-order valence-corrected chi connectivity index (χ1v) is 9.32. The number of para-hydroxylation sites is 1. The van der Waals surface area contributed by atoms with Gasteiger partial charge in [-0.15, -0.1) is 0 Å². The number of nitrogens with zero attached hydrogens (tertiary/aromatic N) is 3. The third-order valence-corrected chi connectivity index (χ3v) is 4.26. The van der Waals surface area contributed by atoms with E-state index < -0.39 is 10.1 Å². The Hall–Kier alpha value is -2.25. The molecule has 1 N–H and O–H groups in total. The number of hydrogen-bond donors (Lipinski definition) is 1. The van der Waals surface area contributed by atoms with Crippen LogP contribution in [0.4, 0.5) is 5.69 Å². The monoisotopic (exact) mass is 348 g/mol. The van der Waals surface area contributed by atoms with Crippen LogP contribution in [-0.2, 0) is 16.7 Å². The van der Waals surface area contributed by atoms with Crippen molar-refractivity contribution in [1.29, 1.82) is 0 Å². The van der Waals surface area contributed by atoms with Crippen LogP contribution in [0.25, 0.3) is 0 Å². The summed E-state index contributed by atoms with van der Waals surface area (Å²) in [5.41, 5.74) is 1.96. The number of pyridine rings is 1. The third kappa shape index (κ3) is 6.47. The third-order valence-electron chi connectivity index (χ3n) is 3.46. The second-order valence-corrected chi connectivity index (χ2v) is 7.04. The average Bonchev–Trinajstić information content (AvgIpc) is 2.57. The van der Waals surface area contributed by atoms with Crippen molar-refractivity contribution in [1.82, 2.24) is 0 Å². The Morgan fingerprint density at radius 1 is 1.17 bits per heavy atom. The van der Waals surface area contributed by atoms with Gasteiger partial charge in [-0.25, -0.2) is 4.57 Å². The van der Waals surface area contributed by atoms with Crippen LogP contribution < -0.4 is 9.58 Å². The van der Waals surface area contributed by atoms with E-state index in [2.05, 4.69) is 5.10 Å². The number of benzene rings is 1. The highest BCUT2D eigenvalue weighted by Crippen LogP contribution is 2.10. The summed E-state index contributed by atoms with van der Waals surface area (Å²) >= 11 is 0. The summed E-state index contributed by atoms with van der Waals surface area (Å²) in [5, 5.41) is 6.21. The summed E-state index contributed by atoms with van der Waals surface area (Å²) < 4.78 is 32.1. The fourth-order valence-electron chi connectivity index (χ4n) is 2.20. The van der Waals surface area contributed by atoms with E-state index in [-0.39, 0.29) is 5.75 Å². The SMILES string of the molecule is CN(N=Cc1ccc[n+](CCCCS(=O)(=O)O)c1)c1ccccc1. The number of hydrogen-bond acceptors (Lipinski definition) is 4. The first kappa shape index (κ1) is 18.1. The van der Waals surface area contributed by atoms with Gasteiger partial charge in [0.05, 0.1) is 23.2 Å². The minimum atomic E-state index is -3.87. The topological polar surface area (TPSA) is 73.8 Å². The molecule has 6 nitrogen and oxygen atoms in total. The van der Waals surface area contributed by atoms with Crippen molar-refractivity contribution in [3.8, 4) is 0 Å². The highest BCUT2D eigenvalue weighted by Gasteiger charge is 2.06. The van der Waals surface area contributed by atoms with Gasteiger partial charge in [-0.3, -0.25) is 9.56 Å². The number of unbranched alkanes of at least 4 members (excludes halogenated alkanes) is 1. The number of rotatable bonds is 8. The summed E-state index contributed by atoms with van der Waals surface area (Å²) in [5.74, 6) is -0.198. The van der Waals surface area contributed by atoms with Crippen molar-refractivity contribution in [3.05, 3.63) is 60.4 Å². The van der Waals surface area contributed by atoms with Crippen LogP contribution in [0.2, 0.25) is 0 Å². The minimum absolute atomic E-state index is 0.198.